The molecule has 1 aromatic rings. The third-order valence-corrected chi connectivity index (χ3v) is 2.93. The molecule has 0 radical (unpaired) electrons. The highest BCUT2D eigenvalue weighted by atomic mass is 16.2. The number of nitrogens with one attached hydrogen (secondary N) is 1. The quantitative estimate of drug-likeness (QED) is 0.815. The Labute approximate surface area is 101 Å². The van der Waals surface area contributed by atoms with E-state index >= 15 is 0 Å². The normalized spacial score (nSPS) is 17.9. The first-order valence-corrected chi connectivity index (χ1v) is 5.85. The lowest BCUT2D eigenvalue weighted by atomic mass is 10.3. The van der Waals surface area contributed by atoms with Crippen LogP contribution in [0.2, 0.25) is 0 Å². The van der Waals surface area contributed by atoms with Gasteiger partial charge in [0.05, 0.1) is 6.54 Å². The third kappa shape index (κ3) is 3.80. The van der Waals surface area contributed by atoms with Crippen LogP contribution in [0.15, 0.2) is 24.5 Å². The Hall–Kier alpha value is -1.46. The fourth-order valence-electron chi connectivity index (χ4n) is 1.84. The van der Waals surface area contributed by atoms with Crippen LogP contribution in [0.5, 0.6) is 0 Å². The second-order valence-electron chi connectivity index (χ2n) is 4.36. The molecule has 1 fully saturated rings. The van der Waals surface area contributed by atoms with Crippen molar-refractivity contribution in [1.29, 1.82) is 0 Å². The Bertz CT molecular complexity index is 360. The maximum Gasteiger partial charge on any atom is 0.238 e. The van der Waals surface area contributed by atoms with Crippen LogP contribution >= 0.6 is 0 Å². The van der Waals surface area contributed by atoms with Crippen LogP contribution in [0.1, 0.15) is 0 Å². The predicted molar refractivity (Wildman–Crippen MR) is 66.8 cm³/mol. The molecule has 1 amide bonds. The number of aromatic nitrogens is 1. The van der Waals surface area contributed by atoms with Crippen LogP contribution in [0, 0.1) is 0 Å². The lowest BCUT2D eigenvalue weighted by molar-refractivity contribution is -0.117. The zero-order chi connectivity index (χ0) is 12.1. The molecule has 1 aromatic heterocycles. The lowest BCUT2D eigenvalue weighted by Gasteiger charge is -2.31. The molecular weight excluding hydrogens is 216 g/mol. The smallest absolute Gasteiger partial charge is 0.238 e. The first-order chi connectivity index (χ1) is 8.24. The molecule has 0 bridgehead atoms. The van der Waals surface area contributed by atoms with Crippen molar-refractivity contribution in [3.8, 4) is 0 Å². The zero-order valence-corrected chi connectivity index (χ0v) is 10.1. The first-order valence-electron chi connectivity index (χ1n) is 5.85. The van der Waals surface area contributed by atoms with Crippen LogP contribution < -0.4 is 5.32 Å². The average Bonchev–Trinajstić information content (AvgIpc) is 2.33. The average molecular weight is 234 g/mol. The van der Waals surface area contributed by atoms with Crippen molar-refractivity contribution in [3.05, 3.63) is 24.5 Å². The van der Waals surface area contributed by atoms with Gasteiger partial charge in [-0.25, -0.2) is 0 Å². The Morgan fingerprint density at radius 3 is 2.59 bits per heavy atom. The number of amides is 1. The van der Waals surface area contributed by atoms with Crippen molar-refractivity contribution in [2.75, 3.05) is 45.1 Å². The second kappa shape index (κ2) is 5.75. The highest BCUT2D eigenvalue weighted by Crippen LogP contribution is 2.04. The van der Waals surface area contributed by atoms with Gasteiger partial charge in [0.1, 0.15) is 0 Å². The molecule has 2 heterocycles. The summed E-state index contributed by atoms with van der Waals surface area (Å²) in [5.74, 6) is 0.0424. The number of rotatable bonds is 3. The van der Waals surface area contributed by atoms with Gasteiger partial charge in [-0.05, 0) is 19.2 Å². The molecule has 2 rings (SSSR count). The molecule has 1 aliphatic rings. The summed E-state index contributed by atoms with van der Waals surface area (Å²) in [6, 6.07) is 3.59. The van der Waals surface area contributed by atoms with Crippen LogP contribution in [-0.4, -0.2) is 60.5 Å². The molecule has 1 N–H and O–H groups in total. The van der Waals surface area contributed by atoms with Gasteiger partial charge in [-0.2, -0.15) is 0 Å². The van der Waals surface area contributed by atoms with Gasteiger partial charge >= 0.3 is 0 Å². The number of nitrogens with zero attached hydrogens (tertiary/aromatic N) is 3. The van der Waals surface area contributed by atoms with Gasteiger partial charge in [0, 0.05) is 44.3 Å². The molecule has 0 aromatic carbocycles. The van der Waals surface area contributed by atoms with E-state index in [1.54, 1.807) is 24.5 Å². The van der Waals surface area contributed by atoms with Crippen LogP contribution in [0.25, 0.3) is 0 Å². The Morgan fingerprint density at radius 1 is 1.29 bits per heavy atom. The Morgan fingerprint density at radius 2 is 1.94 bits per heavy atom. The summed E-state index contributed by atoms with van der Waals surface area (Å²) in [5.41, 5.74) is 0.805. The molecule has 5 heteroatoms. The third-order valence-electron chi connectivity index (χ3n) is 2.93. The van der Waals surface area contributed by atoms with E-state index in [4.69, 9.17) is 0 Å². The highest BCUT2D eigenvalue weighted by molar-refractivity contribution is 5.92. The summed E-state index contributed by atoms with van der Waals surface area (Å²) >= 11 is 0. The SMILES string of the molecule is CN1CCN(CC(=O)Nc2ccncc2)CC1. The van der Waals surface area contributed by atoms with Gasteiger partial charge in [0.2, 0.25) is 5.91 Å². The van der Waals surface area contributed by atoms with Gasteiger partial charge in [0.25, 0.3) is 0 Å². The molecule has 0 saturated carbocycles. The number of anilines is 1. The molecule has 92 valence electrons. The maximum absolute atomic E-state index is 11.8. The maximum atomic E-state index is 11.8. The van der Waals surface area contributed by atoms with Crippen LogP contribution in [0.3, 0.4) is 0 Å². The monoisotopic (exact) mass is 234 g/mol. The minimum Gasteiger partial charge on any atom is -0.325 e. The molecule has 1 aliphatic heterocycles. The van der Waals surface area contributed by atoms with E-state index in [9.17, 15) is 4.79 Å². The topological polar surface area (TPSA) is 48.5 Å². The van der Waals surface area contributed by atoms with E-state index in [2.05, 4.69) is 27.1 Å². The van der Waals surface area contributed by atoms with Crippen molar-refractivity contribution in [3.63, 3.8) is 0 Å². The summed E-state index contributed by atoms with van der Waals surface area (Å²) in [5, 5.41) is 2.87. The van der Waals surface area contributed by atoms with E-state index in [1.807, 2.05) is 0 Å². The number of hydrogen-bond donors (Lipinski definition) is 1. The fourth-order valence-corrected chi connectivity index (χ4v) is 1.84. The Kier molecular flexibility index (Phi) is 4.06. The van der Waals surface area contributed by atoms with Gasteiger partial charge in [-0.15, -0.1) is 0 Å². The predicted octanol–water partition coefficient (Wildman–Crippen LogP) is 0.267. The molecule has 0 aliphatic carbocycles. The summed E-state index contributed by atoms with van der Waals surface area (Å²) in [4.78, 5) is 20.1. The fraction of sp³-hybridized carbons (Fsp3) is 0.500. The number of piperazine rings is 1. The van der Waals surface area contributed by atoms with E-state index in [-0.39, 0.29) is 5.91 Å². The van der Waals surface area contributed by atoms with Crippen molar-refractivity contribution < 1.29 is 4.79 Å². The molecular formula is C12H18N4O. The minimum atomic E-state index is 0.0424. The van der Waals surface area contributed by atoms with E-state index < -0.39 is 0 Å². The van der Waals surface area contributed by atoms with Gasteiger partial charge < -0.3 is 10.2 Å². The molecule has 17 heavy (non-hydrogen) atoms. The standard InChI is InChI=1S/C12H18N4O/c1-15-6-8-16(9-7-15)10-12(17)14-11-2-4-13-5-3-11/h2-5H,6-10H2,1H3,(H,13,14,17). The van der Waals surface area contributed by atoms with Crippen molar-refractivity contribution in [1.82, 2.24) is 14.8 Å². The number of likely N-dealkylation sites (N-methyl/N-ethyl adjacent to an activating group) is 1. The number of hydrogen-bond acceptors (Lipinski definition) is 4. The van der Waals surface area contributed by atoms with Crippen molar-refractivity contribution in [2.24, 2.45) is 0 Å². The number of carbonyl (C=O) groups is 1. The molecule has 1 saturated heterocycles. The van der Waals surface area contributed by atoms with E-state index in [0.29, 0.717) is 6.54 Å². The van der Waals surface area contributed by atoms with Gasteiger partial charge in [-0.3, -0.25) is 14.7 Å². The highest BCUT2D eigenvalue weighted by Gasteiger charge is 2.16. The number of pyridine rings is 1. The van der Waals surface area contributed by atoms with Gasteiger partial charge in [0.15, 0.2) is 0 Å². The van der Waals surface area contributed by atoms with Crippen molar-refractivity contribution in [2.45, 2.75) is 0 Å². The lowest BCUT2D eigenvalue weighted by Crippen LogP contribution is -2.47. The summed E-state index contributed by atoms with van der Waals surface area (Å²) in [6.45, 7) is 4.45. The van der Waals surface area contributed by atoms with Crippen LogP contribution in [-0.2, 0) is 4.79 Å². The summed E-state index contributed by atoms with van der Waals surface area (Å²) in [6.07, 6.45) is 3.34. The van der Waals surface area contributed by atoms with E-state index in [1.165, 1.54) is 0 Å². The second-order valence-corrected chi connectivity index (χ2v) is 4.36. The van der Waals surface area contributed by atoms with Crippen molar-refractivity contribution >= 4 is 11.6 Å². The van der Waals surface area contributed by atoms with Gasteiger partial charge in [-0.1, -0.05) is 0 Å². The molecule has 0 spiro atoms. The first kappa shape index (κ1) is 12.0. The minimum absolute atomic E-state index is 0.0424. The van der Waals surface area contributed by atoms with E-state index in [0.717, 1.165) is 31.9 Å². The largest absolute Gasteiger partial charge is 0.325 e. The molecule has 0 atom stereocenters. The zero-order valence-electron chi connectivity index (χ0n) is 10.1. The number of carbonyl (C=O) groups excluding carboxylic acids is 1. The molecule has 0 unspecified atom stereocenters. The van der Waals surface area contributed by atoms with Crippen LogP contribution in [0.4, 0.5) is 5.69 Å². The summed E-state index contributed by atoms with van der Waals surface area (Å²) in [7, 11) is 2.11. The summed E-state index contributed by atoms with van der Waals surface area (Å²) < 4.78 is 0. The molecule has 5 nitrogen and oxygen atoms in total. The Balaban J connectivity index is 1.78.